The molecule has 0 aliphatic carbocycles. The Labute approximate surface area is 147 Å². The monoisotopic (exact) mass is 351 g/mol. The average Bonchev–Trinajstić information content (AvgIpc) is 2.75. The number of nitrogens with zero attached hydrogens (tertiary/aromatic N) is 1. The summed E-state index contributed by atoms with van der Waals surface area (Å²) in [5.41, 5.74) is -0.808. The van der Waals surface area contributed by atoms with Crippen molar-refractivity contribution in [2.24, 2.45) is 0 Å². The summed E-state index contributed by atoms with van der Waals surface area (Å²) in [7, 11) is 0.718. The van der Waals surface area contributed by atoms with Gasteiger partial charge in [0.1, 0.15) is 17.6 Å². The van der Waals surface area contributed by atoms with Crippen molar-refractivity contribution in [2.75, 3.05) is 27.1 Å². The van der Waals surface area contributed by atoms with Crippen molar-refractivity contribution in [1.29, 1.82) is 5.26 Å². The lowest BCUT2D eigenvalue weighted by atomic mass is 9.77. The van der Waals surface area contributed by atoms with Crippen LogP contribution in [0.5, 0.6) is 5.75 Å². The maximum atomic E-state index is 14.0. The molecule has 2 rings (SSSR count). The van der Waals surface area contributed by atoms with Crippen LogP contribution in [0.1, 0.15) is 33.3 Å². The van der Waals surface area contributed by atoms with Gasteiger partial charge in [0.15, 0.2) is 6.79 Å². The van der Waals surface area contributed by atoms with Crippen molar-refractivity contribution in [3.63, 3.8) is 0 Å². The highest BCUT2D eigenvalue weighted by Crippen LogP contribution is 2.37. The number of rotatable bonds is 7. The van der Waals surface area contributed by atoms with E-state index >= 15 is 0 Å². The van der Waals surface area contributed by atoms with Crippen LogP contribution in [0.25, 0.3) is 0 Å². The number of benzene rings is 1. The molecular weight excluding hydrogens is 328 g/mol. The molecule has 1 heterocycles. The van der Waals surface area contributed by atoms with Crippen molar-refractivity contribution in [3.8, 4) is 11.8 Å². The highest BCUT2D eigenvalue weighted by Gasteiger charge is 2.52. The van der Waals surface area contributed by atoms with Crippen molar-refractivity contribution < 1.29 is 27.9 Å². The minimum Gasteiger partial charge on any atom is -0.467 e. The van der Waals surface area contributed by atoms with Gasteiger partial charge in [0, 0.05) is 12.6 Å². The van der Waals surface area contributed by atoms with Crippen molar-refractivity contribution in [1.82, 2.24) is 0 Å². The highest BCUT2D eigenvalue weighted by atomic mass is 19.1. The number of nitriles is 1. The molecule has 1 aromatic rings. The second-order valence-electron chi connectivity index (χ2n) is 6.73. The Kier molecular flexibility index (Phi) is 6.06. The quantitative estimate of drug-likeness (QED) is 0.425. The molecule has 0 radical (unpaired) electrons. The molecule has 8 heteroatoms. The third-order valence-electron chi connectivity index (χ3n) is 4.43. The standard InChI is InChI=1S/C17H23BFNO5/c1-16(2)17(3,4)25-18(24-16)14-9-13(19)8-12(10-20)15(14)23-11-22-7-6-21-5/h8-9H,6-7,11H2,1-5H3. The van der Waals surface area contributed by atoms with Gasteiger partial charge >= 0.3 is 7.12 Å². The largest absolute Gasteiger partial charge is 0.498 e. The van der Waals surface area contributed by atoms with Gasteiger partial charge in [-0.05, 0) is 39.8 Å². The van der Waals surface area contributed by atoms with Gasteiger partial charge in [-0.25, -0.2) is 4.39 Å². The smallest absolute Gasteiger partial charge is 0.467 e. The Hall–Kier alpha value is -1.66. The summed E-state index contributed by atoms with van der Waals surface area (Å²) < 4.78 is 41.6. The van der Waals surface area contributed by atoms with E-state index in [9.17, 15) is 9.65 Å². The predicted octanol–water partition coefficient (Wildman–Crippen LogP) is 2.00. The molecular formula is C17H23BFNO5. The van der Waals surface area contributed by atoms with Gasteiger partial charge in [-0.3, -0.25) is 0 Å². The van der Waals surface area contributed by atoms with E-state index in [0.29, 0.717) is 18.7 Å². The fourth-order valence-electron chi connectivity index (χ4n) is 2.31. The van der Waals surface area contributed by atoms with E-state index in [1.54, 1.807) is 7.11 Å². The molecule has 0 saturated carbocycles. The first kappa shape index (κ1) is 19.7. The van der Waals surface area contributed by atoms with Gasteiger partial charge in [-0.1, -0.05) is 0 Å². The molecule has 25 heavy (non-hydrogen) atoms. The zero-order valence-corrected chi connectivity index (χ0v) is 15.2. The Morgan fingerprint density at radius 1 is 1.16 bits per heavy atom. The lowest BCUT2D eigenvalue weighted by Gasteiger charge is -2.32. The van der Waals surface area contributed by atoms with Gasteiger partial charge < -0.3 is 23.5 Å². The third kappa shape index (κ3) is 4.31. The van der Waals surface area contributed by atoms with E-state index in [2.05, 4.69) is 0 Å². The van der Waals surface area contributed by atoms with E-state index in [4.69, 9.17) is 23.5 Å². The second-order valence-corrected chi connectivity index (χ2v) is 6.73. The van der Waals surface area contributed by atoms with Crippen LogP contribution in [0, 0.1) is 17.1 Å². The molecule has 1 saturated heterocycles. The summed E-state index contributed by atoms with van der Waals surface area (Å²) in [6.45, 7) is 8.24. The van der Waals surface area contributed by atoms with E-state index in [0.717, 1.165) is 6.07 Å². The Balaban J connectivity index is 2.28. The Morgan fingerprint density at radius 3 is 2.36 bits per heavy atom. The topological polar surface area (TPSA) is 69.9 Å². The van der Waals surface area contributed by atoms with Crippen LogP contribution in [-0.4, -0.2) is 45.4 Å². The van der Waals surface area contributed by atoms with Crippen molar-refractivity contribution in [2.45, 2.75) is 38.9 Å². The molecule has 6 nitrogen and oxygen atoms in total. The highest BCUT2D eigenvalue weighted by molar-refractivity contribution is 6.63. The van der Waals surface area contributed by atoms with E-state index in [1.165, 1.54) is 6.07 Å². The van der Waals surface area contributed by atoms with E-state index in [-0.39, 0.29) is 18.1 Å². The normalized spacial score (nSPS) is 18.2. The summed E-state index contributed by atoms with van der Waals surface area (Å²) >= 11 is 0. The van der Waals surface area contributed by atoms with Gasteiger partial charge in [0.05, 0.1) is 30.0 Å². The summed E-state index contributed by atoms with van der Waals surface area (Å²) in [6, 6.07) is 4.31. The van der Waals surface area contributed by atoms with E-state index < -0.39 is 24.1 Å². The number of hydrogen-bond donors (Lipinski definition) is 0. The van der Waals surface area contributed by atoms with Crippen LogP contribution in [0.3, 0.4) is 0 Å². The Morgan fingerprint density at radius 2 is 1.80 bits per heavy atom. The van der Waals surface area contributed by atoms with E-state index in [1.807, 2.05) is 33.8 Å². The summed E-state index contributed by atoms with van der Waals surface area (Å²) in [4.78, 5) is 0. The van der Waals surface area contributed by atoms with Crippen LogP contribution >= 0.6 is 0 Å². The first-order valence-electron chi connectivity index (χ1n) is 8.00. The molecule has 1 aromatic carbocycles. The van der Waals surface area contributed by atoms with Crippen molar-refractivity contribution >= 4 is 12.6 Å². The molecule has 0 spiro atoms. The first-order valence-corrected chi connectivity index (χ1v) is 8.00. The van der Waals surface area contributed by atoms with Crippen LogP contribution in [0.2, 0.25) is 0 Å². The molecule has 0 amide bonds. The fourth-order valence-corrected chi connectivity index (χ4v) is 2.31. The lowest BCUT2D eigenvalue weighted by molar-refractivity contribution is -0.00826. The second kappa shape index (κ2) is 7.71. The van der Waals surface area contributed by atoms with Gasteiger partial charge in [-0.2, -0.15) is 5.26 Å². The minimum atomic E-state index is -0.846. The van der Waals surface area contributed by atoms with Gasteiger partial charge in [0.2, 0.25) is 0 Å². The van der Waals surface area contributed by atoms with Gasteiger partial charge in [-0.15, -0.1) is 0 Å². The van der Waals surface area contributed by atoms with Crippen LogP contribution in [-0.2, 0) is 18.8 Å². The fraction of sp³-hybridized carbons (Fsp3) is 0.588. The van der Waals surface area contributed by atoms with Crippen LogP contribution < -0.4 is 10.2 Å². The molecule has 1 fully saturated rings. The maximum absolute atomic E-state index is 14.0. The first-order chi connectivity index (χ1) is 11.7. The molecule has 136 valence electrons. The summed E-state index contributed by atoms with van der Waals surface area (Å²) in [5, 5.41) is 9.32. The average molecular weight is 351 g/mol. The zero-order valence-electron chi connectivity index (χ0n) is 15.2. The molecule has 0 unspecified atom stereocenters. The minimum absolute atomic E-state index is 0.0556. The molecule has 1 aliphatic rings. The number of hydrogen-bond acceptors (Lipinski definition) is 6. The SMILES string of the molecule is COCCOCOc1c(C#N)cc(F)cc1B1OC(C)(C)C(C)(C)O1. The predicted molar refractivity (Wildman–Crippen MR) is 90.2 cm³/mol. The number of methoxy groups -OCH3 is 1. The lowest BCUT2D eigenvalue weighted by Crippen LogP contribution is -2.41. The molecule has 0 bridgehead atoms. The number of halogens is 1. The number of ether oxygens (including phenoxy) is 3. The van der Waals surface area contributed by atoms with Gasteiger partial charge in [0.25, 0.3) is 0 Å². The Bertz CT molecular complexity index is 643. The zero-order chi connectivity index (χ0) is 18.7. The maximum Gasteiger partial charge on any atom is 0.498 e. The third-order valence-corrected chi connectivity index (χ3v) is 4.43. The van der Waals surface area contributed by atoms with Crippen LogP contribution in [0.4, 0.5) is 4.39 Å². The van der Waals surface area contributed by atoms with Crippen LogP contribution in [0.15, 0.2) is 12.1 Å². The summed E-state index contributed by atoms with van der Waals surface area (Å²) in [6.07, 6.45) is 0. The molecule has 0 aromatic heterocycles. The molecule has 0 atom stereocenters. The van der Waals surface area contributed by atoms with Crippen molar-refractivity contribution in [3.05, 3.63) is 23.5 Å². The summed E-state index contributed by atoms with van der Waals surface area (Å²) in [5.74, 6) is -0.367. The molecule has 0 N–H and O–H groups in total. The molecule has 1 aliphatic heterocycles.